The van der Waals surface area contributed by atoms with Crippen LogP contribution in [-0.4, -0.2) is 25.9 Å². The van der Waals surface area contributed by atoms with E-state index in [-0.39, 0.29) is 0 Å². The van der Waals surface area contributed by atoms with Crippen LogP contribution in [0.4, 0.5) is 0 Å². The lowest BCUT2D eigenvalue weighted by Crippen LogP contribution is -2.64. The molecule has 0 unspecified atom stereocenters. The van der Waals surface area contributed by atoms with Crippen molar-refractivity contribution in [3.63, 3.8) is 0 Å². The van der Waals surface area contributed by atoms with Crippen LogP contribution in [0.3, 0.4) is 0 Å². The summed E-state index contributed by atoms with van der Waals surface area (Å²) < 4.78 is 16.3. The van der Waals surface area contributed by atoms with Gasteiger partial charge in [-0.05, 0) is 26.2 Å². The fourth-order valence-corrected chi connectivity index (χ4v) is 15.1. The normalized spacial score (nSPS) is 31.5. The zero-order valence-corrected chi connectivity index (χ0v) is 11.1. The van der Waals surface area contributed by atoms with Gasteiger partial charge in [0, 0.05) is 6.55 Å². The summed E-state index contributed by atoms with van der Waals surface area (Å²) in [7, 11) is -7.46. The van der Waals surface area contributed by atoms with Gasteiger partial charge in [0.1, 0.15) is 0 Å². The van der Waals surface area contributed by atoms with Crippen LogP contribution in [0, 0.1) is 0 Å². The third-order valence-corrected chi connectivity index (χ3v) is 12.2. The van der Waals surface area contributed by atoms with Gasteiger partial charge in [0.2, 0.25) is 0 Å². The topological polar surface area (TPSA) is 47.6 Å². The highest BCUT2D eigenvalue weighted by molar-refractivity contribution is 6.90. The minimum atomic E-state index is -3.11. The molecule has 0 aliphatic carbocycles. The number of hydrogen-bond acceptors (Lipinski definition) is 3. The molecule has 1 aliphatic rings. The molecule has 12 heavy (non-hydrogen) atoms. The second-order valence-electron chi connectivity index (χ2n) is 3.97. The summed E-state index contributed by atoms with van der Waals surface area (Å²) in [6.45, 7) is 9.13. The van der Waals surface area contributed by atoms with Crippen LogP contribution in [-0.2, 0) is 17.1 Å². The van der Waals surface area contributed by atoms with Crippen molar-refractivity contribution >= 4 is 25.9 Å². The monoisotopic (exact) mass is 223 g/mol. The first-order chi connectivity index (χ1) is 5.12. The van der Waals surface area contributed by atoms with E-state index in [1.165, 1.54) is 0 Å². The zero-order valence-electron chi connectivity index (χ0n) is 8.13. The van der Waals surface area contributed by atoms with Crippen molar-refractivity contribution in [3.05, 3.63) is 0 Å². The minimum Gasteiger partial charge on any atom is -0.416 e. The largest absolute Gasteiger partial charge is 0.508 e. The predicted molar refractivity (Wildman–Crippen MR) is 50.5 cm³/mol. The Morgan fingerprint density at radius 1 is 0.750 bits per heavy atom. The van der Waals surface area contributed by atoms with Crippen LogP contribution < -0.4 is 0 Å². The van der Waals surface area contributed by atoms with E-state index in [0.717, 1.165) is 0 Å². The summed E-state index contributed by atoms with van der Waals surface area (Å²) in [6.07, 6.45) is 0. The van der Waals surface area contributed by atoms with Gasteiger partial charge in [-0.25, -0.2) is 4.80 Å². The Hall–Kier alpha value is 0.491. The Morgan fingerprint density at radius 3 is 1.33 bits per heavy atom. The summed E-state index contributed by atoms with van der Waals surface area (Å²) in [5, 5.41) is 0. The van der Waals surface area contributed by atoms with Crippen molar-refractivity contribution in [1.29, 1.82) is 0 Å². The number of hydrogen-bond donors (Lipinski definition) is 0. The molecule has 0 amide bonds. The Kier molecular flexibility index (Phi) is 2.41. The molecule has 1 heterocycles. The maximum Gasteiger partial charge on any atom is 0.508 e. The van der Waals surface area contributed by atoms with Gasteiger partial charge in [-0.15, -0.1) is 0 Å². The van der Waals surface area contributed by atoms with Crippen molar-refractivity contribution in [2.75, 3.05) is 0 Å². The number of rotatable bonds is 0. The quantitative estimate of drug-likeness (QED) is 0.584. The molecule has 1 radical (unpaired) electrons. The molecule has 4 nitrogen and oxygen atoms in total. The molecule has 0 aromatic rings. The first-order valence-electron chi connectivity index (χ1n) is 3.93. The first kappa shape index (κ1) is 10.6. The fraction of sp³-hybridized carbons (Fsp3) is 1.00. The van der Waals surface area contributed by atoms with Crippen molar-refractivity contribution in [2.45, 2.75) is 32.7 Å². The van der Waals surface area contributed by atoms with Crippen LogP contribution in [0.25, 0.3) is 0 Å². The summed E-state index contributed by atoms with van der Waals surface area (Å²) in [6, 6.07) is 0. The summed E-state index contributed by atoms with van der Waals surface area (Å²) in [5.41, 5.74) is 0. The van der Waals surface area contributed by atoms with E-state index in [9.17, 15) is 4.80 Å². The predicted octanol–water partition coefficient (Wildman–Crippen LogP) is 1.45. The Morgan fingerprint density at radius 2 is 1.08 bits per heavy atom. The van der Waals surface area contributed by atoms with Gasteiger partial charge in [0.25, 0.3) is 0 Å². The Bertz CT molecular complexity index is 146. The SMILES string of the molecule is C[Si]1(C)O[Si](C)(C)O[Si](C)([O])O1. The molecule has 1 rings (SSSR count). The molecule has 0 bridgehead atoms. The smallest absolute Gasteiger partial charge is 0.416 e. The average molecular weight is 223 g/mol. The third kappa shape index (κ3) is 2.76. The van der Waals surface area contributed by atoms with Crippen LogP contribution >= 0.6 is 0 Å². The first-order valence-corrected chi connectivity index (χ1v) is 11.8. The lowest BCUT2D eigenvalue weighted by Gasteiger charge is -2.43. The van der Waals surface area contributed by atoms with Crippen molar-refractivity contribution in [1.82, 2.24) is 0 Å². The second-order valence-corrected chi connectivity index (χ2v) is 13.7. The highest BCUT2D eigenvalue weighted by Crippen LogP contribution is 2.28. The van der Waals surface area contributed by atoms with Gasteiger partial charge in [-0.1, -0.05) is 0 Å². The Balaban J connectivity index is 2.81. The standard InChI is InChI=1S/C5H15O4Si3/c1-10(2)7-11(3,4)9-12(5,6)8-10/h1-5H3. The van der Waals surface area contributed by atoms with Crippen molar-refractivity contribution < 1.29 is 17.1 Å². The van der Waals surface area contributed by atoms with Crippen LogP contribution in [0.2, 0.25) is 32.7 Å². The molecule has 0 saturated carbocycles. The average Bonchev–Trinajstić information content (AvgIpc) is 1.44. The maximum atomic E-state index is 11.6. The van der Waals surface area contributed by atoms with E-state index in [0.29, 0.717) is 0 Å². The van der Waals surface area contributed by atoms with E-state index in [1.54, 1.807) is 6.55 Å². The molecule has 0 aromatic heterocycles. The van der Waals surface area contributed by atoms with Gasteiger partial charge in [0.05, 0.1) is 0 Å². The lowest BCUT2D eigenvalue weighted by atomic mass is 11.9. The van der Waals surface area contributed by atoms with Crippen LogP contribution in [0.15, 0.2) is 0 Å². The minimum absolute atomic E-state index is 1.54. The van der Waals surface area contributed by atoms with Crippen molar-refractivity contribution in [2.24, 2.45) is 0 Å². The molecule has 1 aliphatic heterocycles. The van der Waals surface area contributed by atoms with E-state index in [2.05, 4.69) is 0 Å². The van der Waals surface area contributed by atoms with E-state index in [1.807, 2.05) is 26.2 Å². The van der Waals surface area contributed by atoms with Gasteiger partial charge in [0.15, 0.2) is 0 Å². The maximum absolute atomic E-state index is 11.6. The highest BCUT2D eigenvalue weighted by Gasteiger charge is 2.53. The lowest BCUT2D eigenvalue weighted by molar-refractivity contribution is 0.137. The molecular weight excluding hydrogens is 208 g/mol. The molecule has 1 fully saturated rings. The van der Waals surface area contributed by atoms with Crippen LogP contribution in [0.5, 0.6) is 0 Å². The van der Waals surface area contributed by atoms with Gasteiger partial charge in [-0.3, -0.25) is 0 Å². The van der Waals surface area contributed by atoms with Crippen molar-refractivity contribution in [3.8, 4) is 0 Å². The Labute approximate surface area is 76.3 Å². The summed E-state index contributed by atoms with van der Waals surface area (Å²) in [4.78, 5) is 11.6. The van der Waals surface area contributed by atoms with Gasteiger partial charge < -0.3 is 12.3 Å². The molecule has 7 heteroatoms. The summed E-state index contributed by atoms with van der Waals surface area (Å²) in [5.74, 6) is 0. The zero-order chi connectivity index (χ0) is 9.62. The molecular formula is C5H15O4Si3. The summed E-state index contributed by atoms with van der Waals surface area (Å²) >= 11 is 0. The molecule has 0 aromatic carbocycles. The molecule has 0 N–H and O–H groups in total. The van der Waals surface area contributed by atoms with E-state index in [4.69, 9.17) is 12.3 Å². The van der Waals surface area contributed by atoms with Gasteiger partial charge >= 0.3 is 25.9 Å². The molecule has 0 atom stereocenters. The fourth-order valence-electron chi connectivity index (χ4n) is 1.55. The van der Waals surface area contributed by atoms with E-state index >= 15 is 0 Å². The highest BCUT2D eigenvalue weighted by atomic mass is 28.5. The molecule has 0 spiro atoms. The molecule has 71 valence electrons. The van der Waals surface area contributed by atoms with Crippen LogP contribution in [0.1, 0.15) is 0 Å². The second kappa shape index (κ2) is 2.74. The third-order valence-electron chi connectivity index (χ3n) is 1.35. The molecule has 1 saturated heterocycles. The van der Waals surface area contributed by atoms with Gasteiger partial charge in [-0.2, -0.15) is 0 Å². The van der Waals surface area contributed by atoms with E-state index < -0.39 is 25.9 Å².